The Kier molecular flexibility index (Phi) is 4.88. The molecule has 1 amide bonds. The molecule has 0 bridgehead atoms. The lowest BCUT2D eigenvalue weighted by Crippen LogP contribution is -2.44. The zero-order valence-corrected chi connectivity index (χ0v) is 12.1. The van der Waals surface area contributed by atoms with Crippen LogP contribution in [0.1, 0.15) is 18.9 Å². The quantitative estimate of drug-likeness (QED) is 0.825. The van der Waals surface area contributed by atoms with E-state index in [2.05, 4.69) is 19.6 Å². The van der Waals surface area contributed by atoms with Gasteiger partial charge in [-0.25, -0.2) is 0 Å². The summed E-state index contributed by atoms with van der Waals surface area (Å²) in [5.41, 5.74) is 1.11. The first-order chi connectivity index (χ1) is 9.13. The van der Waals surface area contributed by atoms with E-state index in [1.165, 1.54) is 0 Å². The number of benzene rings is 1. The van der Waals surface area contributed by atoms with Crippen LogP contribution in [-0.4, -0.2) is 40.4 Å². The van der Waals surface area contributed by atoms with Crippen LogP contribution in [0, 0.1) is 5.92 Å². The summed E-state index contributed by atoms with van der Waals surface area (Å²) in [6, 6.07) is 9.86. The van der Waals surface area contributed by atoms with E-state index in [9.17, 15) is 9.90 Å². The zero-order chi connectivity index (χ0) is 13.8. The molecule has 3 unspecified atom stereocenters. The van der Waals surface area contributed by atoms with Crippen molar-refractivity contribution in [3.05, 3.63) is 35.9 Å². The summed E-state index contributed by atoms with van der Waals surface area (Å²) in [5, 5.41) is 9.08. The first kappa shape index (κ1) is 14.4. The van der Waals surface area contributed by atoms with Crippen molar-refractivity contribution in [2.24, 2.45) is 5.92 Å². The summed E-state index contributed by atoms with van der Waals surface area (Å²) in [6.45, 7) is 2.86. The predicted molar refractivity (Wildman–Crippen MR) is 79.3 cm³/mol. The topological polar surface area (TPSA) is 40.5 Å². The molecular formula is C15H21NO2S. The highest BCUT2D eigenvalue weighted by Crippen LogP contribution is 2.25. The van der Waals surface area contributed by atoms with Crippen LogP contribution in [0.3, 0.4) is 0 Å². The second-order valence-corrected chi connectivity index (χ2v) is 5.88. The number of aliphatic hydroxyl groups excluding tert-OH is 1. The maximum Gasteiger partial charge on any atom is 0.236 e. The van der Waals surface area contributed by atoms with Gasteiger partial charge in [-0.1, -0.05) is 37.3 Å². The van der Waals surface area contributed by atoms with Gasteiger partial charge in [-0.15, -0.1) is 0 Å². The van der Waals surface area contributed by atoms with E-state index in [1.807, 2.05) is 30.3 Å². The number of hydrogen-bond donors (Lipinski definition) is 2. The lowest BCUT2D eigenvalue weighted by molar-refractivity contribution is -0.132. The molecule has 2 rings (SSSR count). The molecule has 0 radical (unpaired) electrons. The van der Waals surface area contributed by atoms with Crippen LogP contribution in [0.4, 0.5) is 0 Å². The number of carbonyl (C=O) groups excluding carboxylic acids is 1. The number of thiol groups is 1. The molecule has 1 fully saturated rings. The third-order valence-electron chi connectivity index (χ3n) is 3.91. The summed E-state index contributed by atoms with van der Waals surface area (Å²) in [4.78, 5) is 14.2. The number of likely N-dealkylation sites (tertiary alicyclic amines) is 1. The van der Waals surface area contributed by atoms with Gasteiger partial charge < -0.3 is 10.0 Å². The molecule has 0 aromatic heterocycles. The normalized spacial score (nSPS) is 24.5. The van der Waals surface area contributed by atoms with E-state index in [1.54, 1.807) is 4.90 Å². The van der Waals surface area contributed by atoms with Crippen molar-refractivity contribution >= 4 is 18.5 Å². The molecule has 1 heterocycles. The zero-order valence-electron chi connectivity index (χ0n) is 11.2. The average molecular weight is 279 g/mol. The van der Waals surface area contributed by atoms with Crippen LogP contribution in [0.5, 0.6) is 0 Å². The summed E-state index contributed by atoms with van der Waals surface area (Å²) >= 11 is 4.45. The minimum Gasteiger partial charge on any atom is -0.394 e. The summed E-state index contributed by atoms with van der Waals surface area (Å²) in [5.74, 6) is 0.404. The SMILES string of the molecule is CC1CCN(C(=O)C(S)Cc2ccccc2)C1CO. The highest BCUT2D eigenvalue weighted by molar-refractivity contribution is 7.81. The largest absolute Gasteiger partial charge is 0.394 e. The highest BCUT2D eigenvalue weighted by Gasteiger charge is 2.35. The lowest BCUT2D eigenvalue weighted by atomic mass is 10.0. The molecule has 1 aliphatic heterocycles. The van der Waals surface area contributed by atoms with Gasteiger partial charge in [0.25, 0.3) is 0 Å². The Morgan fingerprint density at radius 2 is 2.16 bits per heavy atom. The van der Waals surface area contributed by atoms with E-state index < -0.39 is 0 Å². The Morgan fingerprint density at radius 1 is 1.47 bits per heavy atom. The van der Waals surface area contributed by atoms with Gasteiger partial charge in [0.2, 0.25) is 5.91 Å². The molecule has 3 atom stereocenters. The van der Waals surface area contributed by atoms with Gasteiger partial charge in [-0.2, -0.15) is 12.6 Å². The molecule has 3 nitrogen and oxygen atoms in total. The monoisotopic (exact) mass is 279 g/mol. The second-order valence-electron chi connectivity index (χ2n) is 5.25. The van der Waals surface area contributed by atoms with Crippen molar-refractivity contribution in [2.75, 3.05) is 13.2 Å². The number of amides is 1. The van der Waals surface area contributed by atoms with Gasteiger partial charge in [-0.3, -0.25) is 4.79 Å². The Bertz CT molecular complexity index is 423. The van der Waals surface area contributed by atoms with E-state index >= 15 is 0 Å². The fraction of sp³-hybridized carbons (Fsp3) is 0.533. The summed E-state index contributed by atoms with van der Waals surface area (Å²) < 4.78 is 0. The van der Waals surface area contributed by atoms with Crippen LogP contribution in [-0.2, 0) is 11.2 Å². The van der Waals surface area contributed by atoms with Gasteiger partial charge in [0.15, 0.2) is 0 Å². The average Bonchev–Trinajstić information content (AvgIpc) is 2.80. The fourth-order valence-corrected chi connectivity index (χ4v) is 3.04. The van der Waals surface area contributed by atoms with Crippen LogP contribution in [0.25, 0.3) is 0 Å². The molecule has 104 valence electrons. The summed E-state index contributed by atoms with van der Waals surface area (Å²) in [6.07, 6.45) is 1.59. The lowest BCUT2D eigenvalue weighted by Gasteiger charge is -2.27. The first-order valence-electron chi connectivity index (χ1n) is 6.76. The number of rotatable bonds is 4. The molecular weight excluding hydrogens is 258 g/mol. The number of hydrogen-bond acceptors (Lipinski definition) is 3. The Hall–Kier alpha value is -1.00. The Labute approximate surface area is 120 Å². The van der Waals surface area contributed by atoms with Crippen molar-refractivity contribution < 1.29 is 9.90 Å². The number of carbonyl (C=O) groups is 1. The molecule has 1 saturated heterocycles. The van der Waals surface area contributed by atoms with Crippen LogP contribution >= 0.6 is 12.6 Å². The standard InChI is InChI=1S/C15H21NO2S/c1-11-7-8-16(13(11)10-17)15(18)14(19)9-12-5-3-2-4-6-12/h2-6,11,13-14,17,19H,7-10H2,1H3. The van der Waals surface area contributed by atoms with Crippen molar-refractivity contribution in [3.8, 4) is 0 Å². The number of aliphatic hydroxyl groups is 1. The van der Waals surface area contributed by atoms with Gasteiger partial charge in [0, 0.05) is 6.54 Å². The Morgan fingerprint density at radius 3 is 2.79 bits per heavy atom. The minimum atomic E-state index is -0.332. The smallest absolute Gasteiger partial charge is 0.236 e. The van der Waals surface area contributed by atoms with Crippen LogP contribution in [0.15, 0.2) is 30.3 Å². The van der Waals surface area contributed by atoms with Crippen LogP contribution in [0.2, 0.25) is 0 Å². The van der Waals surface area contributed by atoms with Crippen molar-refractivity contribution in [2.45, 2.75) is 31.1 Å². The van der Waals surface area contributed by atoms with Crippen molar-refractivity contribution in [1.82, 2.24) is 4.90 Å². The van der Waals surface area contributed by atoms with Gasteiger partial charge >= 0.3 is 0 Å². The first-order valence-corrected chi connectivity index (χ1v) is 7.28. The molecule has 4 heteroatoms. The molecule has 0 aliphatic carbocycles. The highest BCUT2D eigenvalue weighted by atomic mass is 32.1. The van der Waals surface area contributed by atoms with Crippen molar-refractivity contribution in [3.63, 3.8) is 0 Å². The second kappa shape index (κ2) is 6.44. The third kappa shape index (κ3) is 3.31. The maximum atomic E-state index is 12.4. The molecule has 1 N–H and O–H groups in total. The van der Waals surface area contributed by atoms with Crippen LogP contribution < -0.4 is 0 Å². The summed E-state index contributed by atoms with van der Waals surface area (Å²) in [7, 11) is 0. The van der Waals surface area contributed by atoms with Gasteiger partial charge in [-0.05, 0) is 24.3 Å². The third-order valence-corrected chi connectivity index (χ3v) is 4.31. The van der Waals surface area contributed by atoms with Gasteiger partial charge in [0.05, 0.1) is 17.9 Å². The van der Waals surface area contributed by atoms with E-state index in [0.29, 0.717) is 12.3 Å². The maximum absolute atomic E-state index is 12.4. The molecule has 1 aromatic rings. The van der Waals surface area contributed by atoms with E-state index in [0.717, 1.165) is 18.5 Å². The molecule has 19 heavy (non-hydrogen) atoms. The molecule has 0 saturated carbocycles. The van der Waals surface area contributed by atoms with E-state index in [4.69, 9.17) is 0 Å². The molecule has 1 aromatic carbocycles. The minimum absolute atomic E-state index is 0.0376. The van der Waals surface area contributed by atoms with E-state index in [-0.39, 0.29) is 23.8 Å². The van der Waals surface area contributed by atoms with Crippen molar-refractivity contribution in [1.29, 1.82) is 0 Å². The predicted octanol–water partition coefficient (Wildman–Crippen LogP) is 1.76. The molecule has 1 aliphatic rings. The Balaban J connectivity index is 1.99. The molecule has 0 spiro atoms. The fourth-order valence-electron chi connectivity index (χ4n) is 2.68. The van der Waals surface area contributed by atoms with Gasteiger partial charge in [0.1, 0.15) is 0 Å². The number of nitrogens with zero attached hydrogens (tertiary/aromatic N) is 1.